The quantitative estimate of drug-likeness (QED) is 0.934. The Balaban J connectivity index is 1.72. The third-order valence-corrected chi connectivity index (χ3v) is 3.92. The summed E-state index contributed by atoms with van der Waals surface area (Å²) in [5, 5.41) is 3.25. The molecular formula is C17H22N4O. The Bertz CT molecular complexity index is 592. The standard InChI is InChI=1S/C17H22N4O/c1-22-15-8-6-14(7-9-15)19-17-18-11-10-16(20-17)21-12-4-2-3-5-13-21/h6-11H,2-5,12-13H2,1H3,(H,18,19,20). The molecule has 1 fully saturated rings. The third-order valence-electron chi connectivity index (χ3n) is 3.92. The van der Waals surface area contributed by atoms with Crippen molar-refractivity contribution < 1.29 is 4.74 Å². The summed E-state index contributed by atoms with van der Waals surface area (Å²) in [7, 11) is 1.66. The fraction of sp³-hybridized carbons (Fsp3) is 0.412. The Morgan fingerprint density at radius 1 is 1.00 bits per heavy atom. The zero-order valence-corrected chi connectivity index (χ0v) is 13.0. The second-order valence-corrected chi connectivity index (χ2v) is 5.49. The van der Waals surface area contributed by atoms with Gasteiger partial charge < -0.3 is 15.0 Å². The Kier molecular flexibility index (Phi) is 4.73. The van der Waals surface area contributed by atoms with E-state index < -0.39 is 0 Å². The van der Waals surface area contributed by atoms with E-state index in [-0.39, 0.29) is 0 Å². The number of anilines is 3. The van der Waals surface area contributed by atoms with E-state index in [4.69, 9.17) is 4.74 Å². The highest BCUT2D eigenvalue weighted by molar-refractivity contribution is 5.56. The maximum atomic E-state index is 5.16. The Hall–Kier alpha value is -2.30. The van der Waals surface area contributed by atoms with E-state index in [0.717, 1.165) is 30.3 Å². The first-order valence-corrected chi connectivity index (χ1v) is 7.84. The molecule has 5 heteroatoms. The Labute approximate surface area is 131 Å². The predicted molar refractivity (Wildman–Crippen MR) is 89.0 cm³/mol. The molecule has 0 saturated carbocycles. The molecule has 2 heterocycles. The fourth-order valence-corrected chi connectivity index (χ4v) is 2.69. The van der Waals surface area contributed by atoms with Crippen molar-refractivity contribution in [1.29, 1.82) is 0 Å². The van der Waals surface area contributed by atoms with Crippen LogP contribution in [0.4, 0.5) is 17.5 Å². The monoisotopic (exact) mass is 298 g/mol. The lowest BCUT2D eigenvalue weighted by Gasteiger charge is -2.21. The lowest BCUT2D eigenvalue weighted by atomic mass is 10.2. The van der Waals surface area contributed by atoms with E-state index in [9.17, 15) is 0 Å². The molecule has 3 rings (SSSR count). The van der Waals surface area contributed by atoms with Gasteiger partial charge in [-0.1, -0.05) is 12.8 Å². The second-order valence-electron chi connectivity index (χ2n) is 5.49. The maximum Gasteiger partial charge on any atom is 0.229 e. The molecule has 1 aliphatic heterocycles. The van der Waals surface area contributed by atoms with Gasteiger partial charge in [0.25, 0.3) is 0 Å². The van der Waals surface area contributed by atoms with Crippen LogP contribution < -0.4 is 15.0 Å². The number of rotatable bonds is 4. The smallest absolute Gasteiger partial charge is 0.229 e. The van der Waals surface area contributed by atoms with Crippen molar-refractivity contribution >= 4 is 17.5 Å². The lowest BCUT2D eigenvalue weighted by molar-refractivity contribution is 0.415. The van der Waals surface area contributed by atoms with E-state index in [2.05, 4.69) is 20.2 Å². The highest BCUT2D eigenvalue weighted by Crippen LogP contribution is 2.21. The van der Waals surface area contributed by atoms with Gasteiger partial charge in [-0.3, -0.25) is 0 Å². The molecule has 0 aliphatic carbocycles. The first-order chi connectivity index (χ1) is 10.8. The number of hydrogen-bond acceptors (Lipinski definition) is 5. The van der Waals surface area contributed by atoms with Crippen LogP contribution in [0.15, 0.2) is 36.5 Å². The van der Waals surface area contributed by atoms with Gasteiger partial charge >= 0.3 is 0 Å². The number of benzene rings is 1. The zero-order chi connectivity index (χ0) is 15.2. The minimum absolute atomic E-state index is 0.631. The molecule has 0 radical (unpaired) electrons. The van der Waals surface area contributed by atoms with Gasteiger partial charge in [0.2, 0.25) is 5.95 Å². The highest BCUT2D eigenvalue weighted by atomic mass is 16.5. The molecule has 1 saturated heterocycles. The fourth-order valence-electron chi connectivity index (χ4n) is 2.69. The van der Waals surface area contributed by atoms with Gasteiger partial charge in [-0.15, -0.1) is 0 Å². The van der Waals surface area contributed by atoms with Crippen LogP contribution in [0.1, 0.15) is 25.7 Å². The summed E-state index contributed by atoms with van der Waals surface area (Å²) in [5.41, 5.74) is 0.953. The number of methoxy groups -OCH3 is 1. The average molecular weight is 298 g/mol. The van der Waals surface area contributed by atoms with Crippen LogP contribution in [-0.2, 0) is 0 Å². The van der Waals surface area contributed by atoms with Gasteiger partial charge in [0.05, 0.1) is 7.11 Å². The van der Waals surface area contributed by atoms with Gasteiger partial charge in [-0.25, -0.2) is 4.98 Å². The van der Waals surface area contributed by atoms with E-state index >= 15 is 0 Å². The Morgan fingerprint density at radius 3 is 2.41 bits per heavy atom. The van der Waals surface area contributed by atoms with Crippen molar-refractivity contribution in [3.63, 3.8) is 0 Å². The molecule has 116 valence electrons. The van der Waals surface area contributed by atoms with Crippen molar-refractivity contribution in [2.24, 2.45) is 0 Å². The van der Waals surface area contributed by atoms with Crippen molar-refractivity contribution in [3.8, 4) is 5.75 Å². The molecule has 1 N–H and O–H groups in total. The normalized spacial score (nSPS) is 15.2. The Morgan fingerprint density at radius 2 is 1.73 bits per heavy atom. The summed E-state index contributed by atoms with van der Waals surface area (Å²) in [6, 6.07) is 9.74. The van der Waals surface area contributed by atoms with Gasteiger partial charge in [-0.05, 0) is 43.2 Å². The van der Waals surface area contributed by atoms with Gasteiger partial charge in [0.1, 0.15) is 11.6 Å². The van der Waals surface area contributed by atoms with Crippen LogP contribution in [0.2, 0.25) is 0 Å². The van der Waals surface area contributed by atoms with E-state index in [1.807, 2.05) is 36.5 Å². The summed E-state index contributed by atoms with van der Waals surface area (Å²) >= 11 is 0. The van der Waals surface area contributed by atoms with Crippen molar-refractivity contribution in [2.75, 3.05) is 30.4 Å². The molecule has 2 aromatic rings. The van der Waals surface area contributed by atoms with Crippen LogP contribution in [0.5, 0.6) is 5.75 Å². The van der Waals surface area contributed by atoms with Crippen LogP contribution in [0.3, 0.4) is 0 Å². The first kappa shape index (κ1) is 14.6. The van der Waals surface area contributed by atoms with E-state index in [1.165, 1.54) is 25.7 Å². The summed E-state index contributed by atoms with van der Waals surface area (Å²) in [4.78, 5) is 11.3. The van der Waals surface area contributed by atoms with E-state index in [0.29, 0.717) is 5.95 Å². The van der Waals surface area contributed by atoms with Crippen LogP contribution >= 0.6 is 0 Å². The predicted octanol–water partition coefficient (Wildman–Crippen LogP) is 3.61. The highest BCUT2D eigenvalue weighted by Gasteiger charge is 2.11. The van der Waals surface area contributed by atoms with Crippen molar-refractivity contribution in [1.82, 2.24) is 9.97 Å². The number of nitrogens with one attached hydrogen (secondary N) is 1. The molecule has 0 spiro atoms. The average Bonchev–Trinajstić information content (AvgIpc) is 2.85. The first-order valence-electron chi connectivity index (χ1n) is 7.84. The molecule has 5 nitrogen and oxygen atoms in total. The lowest BCUT2D eigenvalue weighted by Crippen LogP contribution is -2.25. The second kappa shape index (κ2) is 7.11. The van der Waals surface area contributed by atoms with Crippen molar-refractivity contribution in [3.05, 3.63) is 36.5 Å². The van der Waals surface area contributed by atoms with Crippen LogP contribution in [0.25, 0.3) is 0 Å². The maximum absolute atomic E-state index is 5.16. The summed E-state index contributed by atoms with van der Waals surface area (Å²) in [6.45, 7) is 2.16. The minimum atomic E-state index is 0.631. The minimum Gasteiger partial charge on any atom is -0.497 e. The molecule has 0 amide bonds. The summed E-state index contributed by atoms with van der Waals surface area (Å²) in [5.74, 6) is 2.48. The summed E-state index contributed by atoms with van der Waals surface area (Å²) in [6.07, 6.45) is 6.94. The number of aromatic nitrogens is 2. The van der Waals surface area contributed by atoms with Gasteiger partial charge in [-0.2, -0.15) is 4.98 Å². The molecule has 1 aromatic heterocycles. The van der Waals surface area contributed by atoms with Gasteiger partial charge in [0, 0.05) is 25.0 Å². The van der Waals surface area contributed by atoms with Crippen LogP contribution in [-0.4, -0.2) is 30.2 Å². The number of ether oxygens (including phenoxy) is 1. The third kappa shape index (κ3) is 3.67. The molecule has 22 heavy (non-hydrogen) atoms. The summed E-state index contributed by atoms with van der Waals surface area (Å²) < 4.78 is 5.16. The number of hydrogen-bond donors (Lipinski definition) is 1. The van der Waals surface area contributed by atoms with E-state index in [1.54, 1.807) is 7.11 Å². The zero-order valence-electron chi connectivity index (χ0n) is 13.0. The molecule has 1 aromatic carbocycles. The molecular weight excluding hydrogens is 276 g/mol. The van der Waals surface area contributed by atoms with Gasteiger partial charge in [0.15, 0.2) is 0 Å². The topological polar surface area (TPSA) is 50.3 Å². The number of nitrogens with zero attached hydrogens (tertiary/aromatic N) is 3. The molecule has 0 atom stereocenters. The molecule has 0 unspecified atom stereocenters. The largest absolute Gasteiger partial charge is 0.497 e. The molecule has 0 bridgehead atoms. The molecule has 1 aliphatic rings. The van der Waals surface area contributed by atoms with Crippen LogP contribution in [0, 0.1) is 0 Å². The van der Waals surface area contributed by atoms with Crippen molar-refractivity contribution in [2.45, 2.75) is 25.7 Å². The SMILES string of the molecule is COc1ccc(Nc2nccc(N3CCCCCC3)n2)cc1.